The van der Waals surface area contributed by atoms with Gasteiger partial charge in [-0.1, -0.05) is 0 Å². The summed E-state index contributed by atoms with van der Waals surface area (Å²) >= 11 is 1.95. The predicted octanol–water partition coefficient (Wildman–Crippen LogP) is 2.79. The number of methoxy groups -OCH3 is 1. The first-order chi connectivity index (χ1) is 7.88. The topological polar surface area (TPSA) is 21.3 Å². The Bertz CT molecular complexity index is 306. The van der Waals surface area contributed by atoms with E-state index in [1.165, 1.54) is 36.6 Å². The minimum absolute atomic E-state index is 0.834. The van der Waals surface area contributed by atoms with E-state index in [4.69, 9.17) is 4.74 Å². The second-order valence-electron chi connectivity index (χ2n) is 4.20. The van der Waals surface area contributed by atoms with E-state index in [0.717, 1.165) is 11.7 Å². The molecule has 0 amide bonds. The van der Waals surface area contributed by atoms with E-state index in [1.54, 1.807) is 7.11 Å². The van der Waals surface area contributed by atoms with Gasteiger partial charge in [0.2, 0.25) is 0 Å². The lowest BCUT2D eigenvalue weighted by Crippen LogP contribution is -2.30. The highest BCUT2D eigenvalue weighted by atomic mass is 32.2. The molecule has 0 unspecified atom stereocenters. The summed E-state index contributed by atoms with van der Waals surface area (Å²) in [6.07, 6.45) is 2.70. The highest BCUT2D eigenvalue weighted by Gasteiger charge is 2.12. The van der Waals surface area contributed by atoms with Gasteiger partial charge >= 0.3 is 0 Å². The Morgan fingerprint density at radius 1 is 1.38 bits per heavy atom. The molecule has 0 aromatic heterocycles. The number of piperidine rings is 1. The van der Waals surface area contributed by atoms with Gasteiger partial charge < -0.3 is 10.1 Å². The smallest absolute Gasteiger partial charge is 0.118 e. The van der Waals surface area contributed by atoms with E-state index in [-0.39, 0.29) is 0 Å². The second kappa shape index (κ2) is 6.16. The summed E-state index contributed by atoms with van der Waals surface area (Å²) in [5, 5.41) is 3.46. The standard InChI is InChI=1S/C13H19NOS/c1-15-12-4-6-13(7-5-12)16-10-11-3-2-8-14-9-11/h4-7,11,14H,2-3,8-10H2,1H3/t11-/m0/s1. The monoisotopic (exact) mass is 237 g/mol. The molecule has 0 aliphatic carbocycles. The fourth-order valence-electron chi connectivity index (χ4n) is 1.95. The first-order valence-corrected chi connectivity index (χ1v) is 6.84. The van der Waals surface area contributed by atoms with Crippen molar-refractivity contribution in [3.05, 3.63) is 24.3 Å². The maximum absolute atomic E-state index is 5.14. The average molecular weight is 237 g/mol. The third-order valence-electron chi connectivity index (χ3n) is 2.94. The Balaban J connectivity index is 1.79. The Morgan fingerprint density at radius 3 is 2.81 bits per heavy atom. The summed E-state index contributed by atoms with van der Waals surface area (Å²) in [5.74, 6) is 2.99. The van der Waals surface area contributed by atoms with Crippen LogP contribution in [0.4, 0.5) is 0 Å². The Kier molecular flexibility index (Phi) is 4.55. The summed E-state index contributed by atoms with van der Waals surface area (Å²) in [7, 11) is 1.70. The minimum Gasteiger partial charge on any atom is -0.497 e. The molecule has 1 N–H and O–H groups in total. The number of hydrogen-bond acceptors (Lipinski definition) is 3. The molecule has 0 saturated carbocycles. The Hall–Kier alpha value is -0.670. The van der Waals surface area contributed by atoms with Crippen LogP contribution in [-0.4, -0.2) is 26.0 Å². The maximum atomic E-state index is 5.14. The van der Waals surface area contributed by atoms with Crippen molar-refractivity contribution in [1.29, 1.82) is 0 Å². The van der Waals surface area contributed by atoms with Crippen LogP contribution in [0.3, 0.4) is 0 Å². The molecule has 0 bridgehead atoms. The van der Waals surface area contributed by atoms with E-state index < -0.39 is 0 Å². The van der Waals surface area contributed by atoms with E-state index in [9.17, 15) is 0 Å². The van der Waals surface area contributed by atoms with Gasteiger partial charge in [-0.2, -0.15) is 0 Å². The molecule has 2 nitrogen and oxygen atoms in total. The molecule has 1 aromatic rings. The van der Waals surface area contributed by atoms with E-state index in [0.29, 0.717) is 0 Å². The van der Waals surface area contributed by atoms with Gasteiger partial charge in [-0.3, -0.25) is 0 Å². The zero-order valence-electron chi connectivity index (χ0n) is 9.74. The molecule has 16 heavy (non-hydrogen) atoms. The van der Waals surface area contributed by atoms with Crippen LogP contribution in [0.15, 0.2) is 29.2 Å². The summed E-state index contributed by atoms with van der Waals surface area (Å²) < 4.78 is 5.14. The summed E-state index contributed by atoms with van der Waals surface area (Å²) in [4.78, 5) is 1.34. The van der Waals surface area contributed by atoms with Crippen LogP contribution < -0.4 is 10.1 Å². The highest BCUT2D eigenvalue weighted by molar-refractivity contribution is 7.99. The third kappa shape index (κ3) is 3.42. The predicted molar refractivity (Wildman–Crippen MR) is 69.3 cm³/mol. The van der Waals surface area contributed by atoms with E-state index in [1.807, 2.05) is 23.9 Å². The second-order valence-corrected chi connectivity index (χ2v) is 5.29. The summed E-state index contributed by atoms with van der Waals surface area (Å²) in [5.41, 5.74) is 0. The van der Waals surface area contributed by atoms with Crippen molar-refractivity contribution in [2.75, 3.05) is 26.0 Å². The maximum Gasteiger partial charge on any atom is 0.118 e. The quantitative estimate of drug-likeness (QED) is 0.814. The molecular weight excluding hydrogens is 218 g/mol. The molecule has 1 aliphatic heterocycles. The summed E-state index contributed by atoms with van der Waals surface area (Å²) in [6, 6.07) is 8.34. The van der Waals surface area contributed by atoms with Crippen LogP contribution in [0.1, 0.15) is 12.8 Å². The zero-order valence-corrected chi connectivity index (χ0v) is 10.6. The molecule has 0 radical (unpaired) electrons. The van der Waals surface area contributed by atoms with Gasteiger partial charge in [0.15, 0.2) is 0 Å². The van der Waals surface area contributed by atoms with Crippen molar-refractivity contribution in [3.8, 4) is 5.75 Å². The van der Waals surface area contributed by atoms with Gasteiger partial charge in [0, 0.05) is 10.6 Å². The number of rotatable bonds is 4. The molecule has 0 spiro atoms. The number of benzene rings is 1. The molecule has 1 aromatic carbocycles. The molecular formula is C13H19NOS. The molecule has 1 saturated heterocycles. The number of ether oxygens (including phenoxy) is 1. The number of nitrogens with one attached hydrogen (secondary N) is 1. The Morgan fingerprint density at radius 2 is 2.19 bits per heavy atom. The largest absolute Gasteiger partial charge is 0.497 e. The van der Waals surface area contributed by atoms with Crippen molar-refractivity contribution < 1.29 is 4.74 Å². The Labute approximate surface area is 102 Å². The van der Waals surface area contributed by atoms with Crippen LogP contribution in [0, 0.1) is 5.92 Å². The van der Waals surface area contributed by atoms with Crippen LogP contribution >= 0.6 is 11.8 Å². The van der Waals surface area contributed by atoms with Crippen molar-refractivity contribution in [2.45, 2.75) is 17.7 Å². The van der Waals surface area contributed by atoms with Crippen molar-refractivity contribution in [3.63, 3.8) is 0 Å². The average Bonchev–Trinajstić information content (AvgIpc) is 2.38. The third-order valence-corrected chi connectivity index (χ3v) is 4.19. The van der Waals surface area contributed by atoms with Gasteiger partial charge in [0.1, 0.15) is 5.75 Å². The summed E-state index contributed by atoms with van der Waals surface area (Å²) in [6.45, 7) is 2.38. The molecule has 2 rings (SSSR count). The molecule has 1 aliphatic rings. The first-order valence-electron chi connectivity index (χ1n) is 5.86. The van der Waals surface area contributed by atoms with E-state index in [2.05, 4.69) is 17.4 Å². The highest BCUT2D eigenvalue weighted by Crippen LogP contribution is 2.25. The van der Waals surface area contributed by atoms with Gasteiger partial charge in [-0.15, -0.1) is 11.8 Å². The normalized spacial score (nSPS) is 20.7. The fraction of sp³-hybridized carbons (Fsp3) is 0.538. The van der Waals surface area contributed by atoms with Crippen LogP contribution in [0.25, 0.3) is 0 Å². The van der Waals surface area contributed by atoms with Gasteiger partial charge in [-0.25, -0.2) is 0 Å². The molecule has 3 heteroatoms. The minimum atomic E-state index is 0.834. The van der Waals surface area contributed by atoms with Crippen molar-refractivity contribution >= 4 is 11.8 Å². The van der Waals surface area contributed by atoms with Gasteiger partial charge in [0.05, 0.1) is 7.11 Å². The molecule has 1 fully saturated rings. The van der Waals surface area contributed by atoms with Crippen LogP contribution in [-0.2, 0) is 0 Å². The molecule has 1 atom stereocenters. The van der Waals surface area contributed by atoms with Crippen molar-refractivity contribution in [1.82, 2.24) is 5.32 Å². The number of hydrogen-bond donors (Lipinski definition) is 1. The number of thioether (sulfide) groups is 1. The molecule has 88 valence electrons. The van der Waals surface area contributed by atoms with Crippen molar-refractivity contribution in [2.24, 2.45) is 5.92 Å². The van der Waals surface area contributed by atoms with Gasteiger partial charge in [-0.05, 0) is 56.1 Å². The van der Waals surface area contributed by atoms with E-state index >= 15 is 0 Å². The SMILES string of the molecule is COc1ccc(SC[C@H]2CCCNC2)cc1. The lowest BCUT2D eigenvalue weighted by atomic mass is 10.0. The molecule has 1 heterocycles. The van der Waals surface area contributed by atoms with Crippen LogP contribution in [0.5, 0.6) is 5.75 Å². The lowest BCUT2D eigenvalue weighted by molar-refractivity contribution is 0.410. The lowest BCUT2D eigenvalue weighted by Gasteiger charge is -2.22. The zero-order chi connectivity index (χ0) is 11.2. The first kappa shape index (κ1) is 11.8. The fourth-order valence-corrected chi connectivity index (χ4v) is 2.99. The van der Waals surface area contributed by atoms with Gasteiger partial charge in [0.25, 0.3) is 0 Å². The van der Waals surface area contributed by atoms with Crippen LogP contribution in [0.2, 0.25) is 0 Å².